The predicted molar refractivity (Wildman–Crippen MR) is 104 cm³/mol. The highest BCUT2D eigenvalue weighted by Gasteiger charge is 2.30. The fraction of sp³-hybridized carbons (Fsp3) is 0.0952. The molecular formula is C21H12F3N3OS. The van der Waals surface area contributed by atoms with Crippen LogP contribution in [-0.2, 0) is 6.18 Å². The van der Waals surface area contributed by atoms with Gasteiger partial charge in [0.05, 0.1) is 15.8 Å². The summed E-state index contributed by atoms with van der Waals surface area (Å²) in [5.74, 6) is 0. The number of aromatic nitrogens is 1. The molecule has 144 valence electrons. The Bertz CT molecular complexity index is 1320. The quantitative estimate of drug-likeness (QED) is 0.650. The molecule has 0 bridgehead atoms. The Kier molecular flexibility index (Phi) is 5.40. The lowest BCUT2D eigenvalue weighted by Crippen LogP contribution is -2.30. The highest BCUT2D eigenvalue weighted by molar-refractivity contribution is 7.07. The number of hydrogen-bond donors (Lipinski definition) is 0. The van der Waals surface area contributed by atoms with E-state index in [1.54, 1.807) is 36.4 Å². The minimum atomic E-state index is -4.50. The van der Waals surface area contributed by atoms with Crippen LogP contribution in [0.25, 0.3) is 17.3 Å². The van der Waals surface area contributed by atoms with Crippen LogP contribution in [0, 0.1) is 29.6 Å². The minimum Gasteiger partial charge on any atom is -0.267 e. The number of halogens is 3. The molecule has 0 spiro atoms. The average molecular weight is 411 g/mol. The number of benzene rings is 2. The van der Waals surface area contributed by atoms with E-state index >= 15 is 0 Å². The van der Waals surface area contributed by atoms with Gasteiger partial charge >= 0.3 is 6.18 Å². The van der Waals surface area contributed by atoms with Gasteiger partial charge in [-0.05, 0) is 42.8 Å². The van der Waals surface area contributed by atoms with Crippen molar-refractivity contribution in [3.63, 3.8) is 0 Å². The molecule has 0 aliphatic heterocycles. The number of nitriles is 2. The van der Waals surface area contributed by atoms with E-state index in [1.165, 1.54) is 22.8 Å². The molecule has 1 aromatic heterocycles. The highest BCUT2D eigenvalue weighted by Crippen LogP contribution is 2.29. The Hall–Kier alpha value is -3.62. The van der Waals surface area contributed by atoms with E-state index in [0.29, 0.717) is 5.69 Å². The normalized spacial score (nSPS) is 11.7. The van der Waals surface area contributed by atoms with Crippen LogP contribution in [0.4, 0.5) is 13.2 Å². The monoisotopic (exact) mass is 411 g/mol. The van der Waals surface area contributed by atoms with Gasteiger partial charge in [-0.15, -0.1) is 11.3 Å². The van der Waals surface area contributed by atoms with Crippen LogP contribution in [-0.4, -0.2) is 4.57 Å². The number of rotatable bonds is 2. The smallest absolute Gasteiger partial charge is 0.267 e. The number of thiazole rings is 1. The topological polar surface area (TPSA) is 69.6 Å². The molecule has 0 radical (unpaired) electrons. The number of alkyl halides is 3. The molecule has 0 amide bonds. The van der Waals surface area contributed by atoms with Gasteiger partial charge in [-0.1, -0.05) is 29.8 Å². The maximum atomic E-state index is 13.0. The van der Waals surface area contributed by atoms with Gasteiger partial charge in [-0.2, -0.15) is 23.7 Å². The Morgan fingerprint density at radius 2 is 1.76 bits per heavy atom. The van der Waals surface area contributed by atoms with E-state index < -0.39 is 17.3 Å². The fourth-order valence-corrected chi connectivity index (χ4v) is 3.71. The summed E-state index contributed by atoms with van der Waals surface area (Å²) in [6.45, 7) is 1.87. The van der Waals surface area contributed by atoms with Gasteiger partial charge in [0.1, 0.15) is 16.8 Å². The van der Waals surface area contributed by atoms with Gasteiger partial charge in [0.15, 0.2) is 5.57 Å². The lowest BCUT2D eigenvalue weighted by Gasteiger charge is -2.06. The van der Waals surface area contributed by atoms with Crippen molar-refractivity contribution in [2.24, 2.45) is 0 Å². The maximum Gasteiger partial charge on any atom is 0.416 e. The third-order valence-electron chi connectivity index (χ3n) is 4.06. The van der Waals surface area contributed by atoms with Gasteiger partial charge in [0.25, 0.3) is 5.56 Å². The minimum absolute atomic E-state index is 0.114. The summed E-state index contributed by atoms with van der Waals surface area (Å²) < 4.78 is 40.3. The first-order valence-corrected chi connectivity index (χ1v) is 9.08. The van der Waals surface area contributed by atoms with Crippen LogP contribution in [0.5, 0.6) is 0 Å². The van der Waals surface area contributed by atoms with Gasteiger partial charge in [0, 0.05) is 0 Å². The van der Waals surface area contributed by atoms with Gasteiger partial charge in [-0.25, -0.2) is 0 Å². The van der Waals surface area contributed by atoms with E-state index in [1.807, 2.05) is 6.92 Å². The Balaban J connectivity index is 2.33. The fourth-order valence-electron chi connectivity index (χ4n) is 2.66. The SMILES string of the molecule is Cc1ccc(-n2c(=C(C#N)C#N)s/c(=C/c3cccc(C(F)(F)F)c3)c2=O)cc1. The second-order valence-corrected chi connectivity index (χ2v) is 7.14. The molecule has 4 nitrogen and oxygen atoms in total. The Morgan fingerprint density at radius 3 is 2.34 bits per heavy atom. The summed E-state index contributed by atoms with van der Waals surface area (Å²) in [6, 6.07) is 15.0. The van der Waals surface area contributed by atoms with Crippen LogP contribution in [0.15, 0.2) is 53.3 Å². The number of aryl methyl sites for hydroxylation is 1. The third kappa shape index (κ3) is 4.13. The van der Waals surface area contributed by atoms with Crippen LogP contribution < -0.4 is 14.8 Å². The van der Waals surface area contributed by atoms with Gasteiger partial charge < -0.3 is 0 Å². The van der Waals surface area contributed by atoms with Crippen LogP contribution in [0.3, 0.4) is 0 Å². The van der Waals surface area contributed by atoms with Crippen molar-refractivity contribution < 1.29 is 13.2 Å². The molecule has 3 rings (SSSR count). The molecule has 1 heterocycles. The molecule has 3 aromatic rings. The zero-order valence-corrected chi connectivity index (χ0v) is 15.8. The summed E-state index contributed by atoms with van der Waals surface area (Å²) in [6.07, 6.45) is -3.18. The lowest BCUT2D eigenvalue weighted by atomic mass is 10.1. The van der Waals surface area contributed by atoms with E-state index in [-0.39, 0.29) is 20.3 Å². The zero-order valence-electron chi connectivity index (χ0n) is 15.0. The van der Waals surface area contributed by atoms with Crippen LogP contribution >= 0.6 is 11.3 Å². The standard InChI is InChI=1S/C21H12F3N3OS/c1-13-5-7-17(8-6-13)27-19(28)18(29-20(27)15(11-25)12-26)10-14-3-2-4-16(9-14)21(22,23)24/h2-10H,1H3/b18-10+. The molecule has 0 aliphatic rings. The average Bonchev–Trinajstić information content (AvgIpc) is 2.99. The second kappa shape index (κ2) is 7.78. The van der Waals surface area contributed by atoms with E-state index in [2.05, 4.69) is 0 Å². The van der Waals surface area contributed by atoms with Crippen LogP contribution in [0.1, 0.15) is 16.7 Å². The van der Waals surface area contributed by atoms with E-state index in [0.717, 1.165) is 29.0 Å². The lowest BCUT2D eigenvalue weighted by molar-refractivity contribution is -0.137. The van der Waals surface area contributed by atoms with Crippen LogP contribution in [0.2, 0.25) is 0 Å². The van der Waals surface area contributed by atoms with Crippen molar-refractivity contribution in [3.8, 4) is 17.8 Å². The largest absolute Gasteiger partial charge is 0.416 e. The summed E-state index contributed by atoms with van der Waals surface area (Å²) >= 11 is 0.882. The first kappa shape index (κ1) is 20.1. The van der Waals surface area contributed by atoms with Gasteiger partial charge in [0.2, 0.25) is 0 Å². The van der Waals surface area contributed by atoms with Crippen molar-refractivity contribution in [3.05, 3.63) is 84.8 Å². The van der Waals surface area contributed by atoms with Crippen molar-refractivity contribution in [2.45, 2.75) is 13.1 Å². The molecule has 0 saturated carbocycles. The van der Waals surface area contributed by atoms with Crippen molar-refractivity contribution in [1.82, 2.24) is 4.57 Å². The molecule has 0 unspecified atom stereocenters. The Labute approximate surface area is 167 Å². The Morgan fingerprint density at radius 1 is 1.10 bits per heavy atom. The zero-order chi connectivity index (χ0) is 21.2. The second-order valence-electron chi connectivity index (χ2n) is 6.11. The first-order valence-electron chi connectivity index (χ1n) is 8.27. The summed E-state index contributed by atoms with van der Waals surface area (Å²) in [5, 5.41) is 18.5. The summed E-state index contributed by atoms with van der Waals surface area (Å²) in [4.78, 5) is 13.0. The molecular weight excluding hydrogens is 399 g/mol. The number of hydrogen-bond acceptors (Lipinski definition) is 4. The molecule has 29 heavy (non-hydrogen) atoms. The highest BCUT2D eigenvalue weighted by atomic mass is 32.1. The molecule has 2 aromatic carbocycles. The predicted octanol–water partition coefficient (Wildman–Crippen LogP) is 3.25. The number of nitrogens with zero attached hydrogens (tertiary/aromatic N) is 3. The maximum absolute atomic E-state index is 13.0. The molecule has 0 saturated heterocycles. The molecule has 0 fully saturated rings. The third-order valence-corrected chi connectivity index (χ3v) is 5.16. The first-order chi connectivity index (χ1) is 13.7. The summed E-state index contributed by atoms with van der Waals surface area (Å²) in [7, 11) is 0. The van der Waals surface area contributed by atoms with Crippen molar-refractivity contribution in [1.29, 1.82) is 10.5 Å². The molecule has 0 N–H and O–H groups in total. The van der Waals surface area contributed by atoms with Crippen molar-refractivity contribution in [2.75, 3.05) is 0 Å². The molecule has 0 atom stereocenters. The van der Waals surface area contributed by atoms with Gasteiger partial charge in [-0.3, -0.25) is 9.36 Å². The van der Waals surface area contributed by atoms with E-state index in [4.69, 9.17) is 0 Å². The van der Waals surface area contributed by atoms with Crippen molar-refractivity contribution >= 4 is 23.0 Å². The van der Waals surface area contributed by atoms with E-state index in [9.17, 15) is 28.5 Å². The molecule has 8 heteroatoms. The summed E-state index contributed by atoms with van der Waals surface area (Å²) in [5.41, 5.74) is 0.00251. The molecule has 0 aliphatic carbocycles.